The Morgan fingerprint density at radius 1 is 0.860 bits per heavy atom. The first-order valence-electron chi connectivity index (χ1n) is 15.2. The lowest BCUT2D eigenvalue weighted by Crippen LogP contribution is -2.43. The molecule has 4 rings (SSSR count). The molecule has 8 nitrogen and oxygen atoms in total. The van der Waals surface area contributed by atoms with E-state index in [1.54, 1.807) is 0 Å². The first-order chi connectivity index (χ1) is 20.8. The molecule has 2 amide bonds. The molecule has 4 atom stereocenters. The van der Waals surface area contributed by atoms with Gasteiger partial charge < -0.3 is 25.2 Å². The van der Waals surface area contributed by atoms with Crippen molar-refractivity contribution in [2.24, 2.45) is 5.92 Å². The van der Waals surface area contributed by atoms with Crippen LogP contribution < -0.4 is 10.6 Å². The maximum absolute atomic E-state index is 12.4. The van der Waals surface area contributed by atoms with Gasteiger partial charge in [-0.25, -0.2) is 0 Å². The first-order valence-corrected chi connectivity index (χ1v) is 15.2. The summed E-state index contributed by atoms with van der Waals surface area (Å²) in [4.78, 5) is 25.7. The number of ether oxygens (including phenoxy) is 2. The lowest BCUT2D eigenvalue weighted by atomic mass is 9.90. The fourth-order valence-electron chi connectivity index (χ4n) is 5.39. The van der Waals surface area contributed by atoms with Crippen LogP contribution in [0.3, 0.4) is 0 Å². The van der Waals surface area contributed by atoms with E-state index >= 15 is 0 Å². The van der Waals surface area contributed by atoms with Crippen molar-refractivity contribution in [2.45, 2.75) is 71.2 Å². The third-order valence-corrected chi connectivity index (χ3v) is 7.83. The summed E-state index contributed by atoms with van der Waals surface area (Å²) in [6, 6.07) is 26.0. The third-order valence-electron chi connectivity index (χ3n) is 7.83. The van der Waals surface area contributed by atoms with Crippen LogP contribution >= 0.6 is 0 Å². The van der Waals surface area contributed by atoms with E-state index < -0.39 is 6.29 Å². The maximum Gasteiger partial charge on any atom is 0.224 e. The second-order valence-electron chi connectivity index (χ2n) is 11.5. The van der Waals surface area contributed by atoms with E-state index in [0.717, 1.165) is 54.7 Å². The van der Waals surface area contributed by atoms with Crippen LogP contribution in [-0.4, -0.2) is 48.1 Å². The fourth-order valence-corrected chi connectivity index (χ4v) is 5.39. The van der Waals surface area contributed by atoms with Crippen molar-refractivity contribution in [3.8, 4) is 0 Å². The van der Waals surface area contributed by atoms with E-state index in [1.165, 1.54) is 12.5 Å². The largest absolute Gasteiger partial charge is 0.392 e. The molecule has 3 aromatic carbocycles. The van der Waals surface area contributed by atoms with Gasteiger partial charge in [-0.15, -0.1) is 0 Å². The van der Waals surface area contributed by atoms with Gasteiger partial charge in [0.05, 0.1) is 18.8 Å². The van der Waals surface area contributed by atoms with E-state index in [-0.39, 0.29) is 36.5 Å². The topological polar surface area (TPSA) is 100 Å². The molecule has 0 aliphatic carbocycles. The Morgan fingerprint density at radius 3 is 2.23 bits per heavy atom. The van der Waals surface area contributed by atoms with Crippen molar-refractivity contribution in [1.82, 2.24) is 10.2 Å². The summed E-state index contributed by atoms with van der Waals surface area (Å²) in [5, 5.41) is 15.3. The molecule has 230 valence electrons. The molecule has 0 saturated carbocycles. The van der Waals surface area contributed by atoms with Gasteiger partial charge in [-0.1, -0.05) is 80.1 Å². The van der Waals surface area contributed by atoms with Gasteiger partial charge in [0.1, 0.15) is 0 Å². The zero-order valence-corrected chi connectivity index (χ0v) is 25.5. The van der Waals surface area contributed by atoms with Gasteiger partial charge in [0.2, 0.25) is 11.8 Å². The van der Waals surface area contributed by atoms with Crippen LogP contribution in [0.1, 0.15) is 74.2 Å². The summed E-state index contributed by atoms with van der Waals surface area (Å²) in [6.07, 6.45) is 2.11. The number of anilines is 1. The highest BCUT2D eigenvalue weighted by Crippen LogP contribution is 2.42. The number of nitrogens with one attached hydrogen (secondary N) is 2. The number of rotatable bonds is 14. The van der Waals surface area contributed by atoms with Crippen molar-refractivity contribution in [3.63, 3.8) is 0 Å². The Kier molecular flexibility index (Phi) is 12.3. The van der Waals surface area contributed by atoms with E-state index in [1.807, 2.05) is 54.6 Å². The van der Waals surface area contributed by atoms with E-state index in [9.17, 15) is 14.7 Å². The van der Waals surface area contributed by atoms with Gasteiger partial charge in [-0.3, -0.25) is 14.5 Å². The molecule has 0 aromatic heterocycles. The van der Waals surface area contributed by atoms with Crippen LogP contribution in [0.25, 0.3) is 0 Å². The van der Waals surface area contributed by atoms with Crippen molar-refractivity contribution in [1.29, 1.82) is 0 Å². The number of nitrogens with zero attached hydrogens (tertiary/aromatic N) is 1. The molecule has 1 aliphatic rings. The number of benzene rings is 3. The molecule has 1 saturated heterocycles. The Balaban J connectivity index is 1.40. The summed E-state index contributed by atoms with van der Waals surface area (Å²) in [5.74, 6) is 0.0308. The van der Waals surface area contributed by atoms with Crippen molar-refractivity contribution >= 4 is 17.5 Å². The van der Waals surface area contributed by atoms with E-state index in [4.69, 9.17) is 9.47 Å². The molecule has 1 fully saturated rings. The van der Waals surface area contributed by atoms with Crippen LogP contribution in [0, 0.1) is 5.92 Å². The number of amides is 2. The van der Waals surface area contributed by atoms with Crippen LogP contribution in [0.15, 0.2) is 78.9 Å². The predicted molar refractivity (Wildman–Crippen MR) is 168 cm³/mol. The van der Waals surface area contributed by atoms with Gasteiger partial charge in [-0.05, 0) is 48.7 Å². The Bertz CT molecular complexity index is 1280. The second-order valence-corrected chi connectivity index (χ2v) is 11.5. The summed E-state index contributed by atoms with van der Waals surface area (Å²) >= 11 is 0. The Labute approximate surface area is 255 Å². The van der Waals surface area contributed by atoms with Crippen molar-refractivity contribution < 1.29 is 24.2 Å². The first kappa shape index (κ1) is 32.4. The van der Waals surface area contributed by atoms with Crippen LogP contribution in [0.4, 0.5) is 5.69 Å². The molecule has 43 heavy (non-hydrogen) atoms. The van der Waals surface area contributed by atoms with Crippen LogP contribution in [0.5, 0.6) is 0 Å². The minimum absolute atomic E-state index is 0.00148. The van der Waals surface area contributed by atoms with Crippen molar-refractivity contribution in [2.75, 3.05) is 25.5 Å². The summed E-state index contributed by atoms with van der Waals surface area (Å²) in [6.45, 7) is 5.87. The average Bonchev–Trinajstić information content (AvgIpc) is 3.00. The standard InChI is InChI=1S/C35H45N3O5/c1-25-32(23-38(3)22-27-10-6-4-7-11-27)42-35(43-34(25)29-15-13-28(24-39)14-16-29)30-17-19-31(20-18-30)37-33(41)12-8-5-9-21-36-26(2)40/h4,6-7,10-11,13-20,25,32,34-35,39H,5,8-9,12,21-24H2,1-3H3,(H,36,40)(H,37,41)/t25-,32+,34+,35+/m0/s1. The van der Waals surface area contributed by atoms with E-state index in [2.05, 4.69) is 53.8 Å². The minimum atomic E-state index is -0.567. The quantitative estimate of drug-likeness (QED) is 0.208. The average molecular weight is 588 g/mol. The molecule has 0 unspecified atom stereocenters. The highest BCUT2D eigenvalue weighted by molar-refractivity contribution is 5.90. The predicted octanol–water partition coefficient (Wildman–Crippen LogP) is 5.74. The molecule has 0 spiro atoms. The Hall–Kier alpha value is -3.56. The van der Waals surface area contributed by atoms with Gasteiger partial charge in [0.15, 0.2) is 6.29 Å². The maximum atomic E-state index is 12.4. The zero-order valence-electron chi connectivity index (χ0n) is 25.5. The molecule has 1 aliphatic heterocycles. The normalized spacial score (nSPS) is 20.1. The zero-order chi connectivity index (χ0) is 30.6. The monoisotopic (exact) mass is 587 g/mol. The SMILES string of the molecule is CC(=O)NCCCCCC(=O)Nc1ccc([C@@H]2O[C@H](CN(C)Cc3ccccc3)[C@H](C)[C@H](c3ccc(CO)cc3)O2)cc1. The number of aliphatic hydroxyl groups excluding tert-OH is 1. The number of hydrogen-bond donors (Lipinski definition) is 3. The smallest absolute Gasteiger partial charge is 0.224 e. The second kappa shape index (κ2) is 16.3. The third kappa shape index (κ3) is 10.0. The van der Waals surface area contributed by atoms with Crippen LogP contribution in [-0.2, 0) is 32.2 Å². The minimum Gasteiger partial charge on any atom is -0.392 e. The lowest BCUT2D eigenvalue weighted by molar-refractivity contribution is -0.276. The highest BCUT2D eigenvalue weighted by Gasteiger charge is 2.38. The highest BCUT2D eigenvalue weighted by atomic mass is 16.7. The summed E-state index contributed by atoms with van der Waals surface area (Å²) in [5.41, 5.74) is 4.78. The van der Waals surface area contributed by atoms with Gasteiger partial charge in [-0.2, -0.15) is 0 Å². The van der Waals surface area contributed by atoms with Gasteiger partial charge in [0, 0.05) is 50.1 Å². The van der Waals surface area contributed by atoms with Crippen LogP contribution in [0.2, 0.25) is 0 Å². The van der Waals surface area contributed by atoms with Crippen molar-refractivity contribution in [3.05, 3.63) is 101 Å². The number of aliphatic hydroxyl groups is 1. The number of carbonyl (C=O) groups excluding carboxylic acids is 2. The molecule has 3 aromatic rings. The molecule has 1 heterocycles. The molecular weight excluding hydrogens is 542 g/mol. The molecule has 8 heteroatoms. The summed E-state index contributed by atoms with van der Waals surface area (Å²) in [7, 11) is 2.11. The molecular formula is C35H45N3O5. The Morgan fingerprint density at radius 2 is 1.56 bits per heavy atom. The number of hydrogen-bond acceptors (Lipinski definition) is 6. The van der Waals surface area contributed by atoms with Gasteiger partial charge >= 0.3 is 0 Å². The molecule has 0 radical (unpaired) electrons. The lowest BCUT2D eigenvalue weighted by Gasteiger charge is -2.42. The van der Waals surface area contributed by atoms with Gasteiger partial charge in [0.25, 0.3) is 0 Å². The van der Waals surface area contributed by atoms with E-state index in [0.29, 0.717) is 13.0 Å². The fraction of sp³-hybridized carbons (Fsp3) is 0.429. The molecule has 3 N–H and O–H groups in total. The molecule has 0 bridgehead atoms. The number of unbranched alkanes of at least 4 members (excludes halogenated alkanes) is 2. The number of likely N-dealkylation sites (N-methyl/N-ethyl adjacent to an activating group) is 1. The number of carbonyl (C=O) groups is 2. The summed E-state index contributed by atoms with van der Waals surface area (Å²) < 4.78 is 13.2.